The highest BCUT2D eigenvalue weighted by molar-refractivity contribution is 14.1. The lowest BCUT2D eigenvalue weighted by Crippen LogP contribution is -2.41. The highest BCUT2D eigenvalue weighted by atomic mass is 127. The Morgan fingerprint density at radius 3 is 2.46 bits per heavy atom. The van der Waals surface area contributed by atoms with Crippen molar-refractivity contribution in [2.24, 2.45) is 7.05 Å². The first-order chi connectivity index (χ1) is 17.6. The molecule has 1 atom stereocenters. The average molecular weight is 635 g/mol. The number of nitrogens with zero attached hydrogens (tertiary/aromatic N) is 3. The van der Waals surface area contributed by atoms with Gasteiger partial charge in [-0.25, -0.2) is 13.4 Å². The van der Waals surface area contributed by atoms with Crippen molar-refractivity contribution in [3.63, 3.8) is 0 Å². The van der Waals surface area contributed by atoms with Crippen LogP contribution in [0.1, 0.15) is 24.4 Å². The second kappa shape index (κ2) is 9.56. The van der Waals surface area contributed by atoms with Gasteiger partial charge in [0.2, 0.25) is 0 Å². The summed E-state index contributed by atoms with van der Waals surface area (Å²) in [6, 6.07) is 11.0. The first-order valence-electron chi connectivity index (χ1n) is 11.4. The van der Waals surface area contributed by atoms with E-state index >= 15 is 0 Å². The quantitative estimate of drug-likeness (QED) is 0.315. The van der Waals surface area contributed by atoms with Crippen molar-refractivity contribution >= 4 is 61.7 Å². The van der Waals surface area contributed by atoms with Crippen LogP contribution in [-0.2, 0) is 18.0 Å². The molecule has 37 heavy (non-hydrogen) atoms. The predicted octanol–water partition coefficient (Wildman–Crippen LogP) is 3.69. The standard InChI is InChI=1S/C25H23FIN5O4S/c1-13-21-20(22(30(2)23(13)33)28-19-10-7-14(27)11-18(19)26)24(34)32(16-8-9-16)25(35)31(21)17-6-4-5-15(12-17)29-37(3)36/h4-7,10-12,16,28-29H,8-9H2,1-3H3. The molecule has 2 aromatic carbocycles. The topological polar surface area (TPSA) is 107 Å². The second-order valence-corrected chi connectivity index (χ2v) is 11.3. The van der Waals surface area contributed by atoms with Crippen LogP contribution in [0.5, 0.6) is 0 Å². The zero-order valence-corrected chi connectivity index (χ0v) is 23.1. The summed E-state index contributed by atoms with van der Waals surface area (Å²) in [4.78, 5) is 41.0. The Morgan fingerprint density at radius 2 is 1.81 bits per heavy atom. The Hall–Kier alpha value is -3.26. The van der Waals surface area contributed by atoms with Gasteiger partial charge in [-0.2, -0.15) is 0 Å². The molecule has 1 saturated carbocycles. The van der Waals surface area contributed by atoms with Gasteiger partial charge in [0, 0.05) is 34.2 Å². The Bertz CT molecular complexity index is 1790. The van der Waals surface area contributed by atoms with Gasteiger partial charge in [0.25, 0.3) is 11.1 Å². The summed E-state index contributed by atoms with van der Waals surface area (Å²) in [6.07, 6.45) is 2.84. The number of pyridine rings is 1. The fourth-order valence-corrected chi connectivity index (χ4v) is 5.36. The molecule has 192 valence electrons. The number of nitrogens with one attached hydrogen (secondary N) is 2. The number of rotatable bonds is 6. The molecule has 1 aliphatic carbocycles. The van der Waals surface area contributed by atoms with Crippen LogP contribution in [0.4, 0.5) is 21.6 Å². The van der Waals surface area contributed by atoms with Gasteiger partial charge < -0.3 is 10.0 Å². The third-order valence-corrected chi connectivity index (χ3v) is 7.50. The van der Waals surface area contributed by atoms with E-state index in [2.05, 4.69) is 10.0 Å². The summed E-state index contributed by atoms with van der Waals surface area (Å²) in [6.45, 7) is 1.56. The third-order valence-electron chi connectivity index (χ3n) is 6.31. The SMILES string of the molecule is Cc1c(=O)n(C)c(Nc2ccc(I)cc2F)c2c(=O)n(C3CC3)c(=O)n(-c3cccc(NS(C)=O)c3)c12. The van der Waals surface area contributed by atoms with Crippen molar-refractivity contribution < 1.29 is 8.60 Å². The van der Waals surface area contributed by atoms with Gasteiger partial charge >= 0.3 is 5.69 Å². The zero-order chi connectivity index (χ0) is 26.6. The van der Waals surface area contributed by atoms with Gasteiger partial charge in [-0.1, -0.05) is 6.07 Å². The molecule has 2 aromatic heterocycles. The van der Waals surface area contributed by atoms with E-state index in [1.165, 1.54) is 39.1 Å². The number of aryl methyl sites for hydroxylation is 1. The molecule has 12 heteroatoms. The smallest absolute Gasteiger partial charge is 0.336 e. The Labute approximate surface area is 226 Å². The first-order valence-corrected chi connectivity index (χ1v) is 14.1. The minimum absolute atomic E-state index is 0.0859. The first kappa shape index (κ1) is 25.4. The van der Waals surface area contributed by atoms with E-state index in [0.29, 0.717) is 27.8 Å². The number of benzene rings is 2. The van der Waals surface area contributed by atoms with Gasteiger partial charge in [-0.3, -0.25) is 23.3 Å². The van der Waals surface area contributed by atoms with Crippen molar-refractivity contribution in [1.82, 2.24) is 13.7 Å². The zero-order valence-electron chi connectivity index (χ0n) is 20.2. The number of halogens is 2. The van der Waals surface area contributed by atoms with Crippen molar-refractivity contribution in [1.29, 1.82) is 0 Å². The van der Waals surface area contributed by atoms with E-state index < -0.39 is 33.6 Å². The Balaban J connectivity index is 1.90. The highest BCUT2D eigenvalue weighted by Crippen LogP contribution is 2.34. The normalized spacial score (nSPS) is 14.1. The maximum absolute atomic E-state index is 14.8. The number of hydrogen-bond acceptors (Lipinski definition) is 5. The van der Waals surface area contributed by atoms with Gasteiger partial charge in [0.1, 0.15) is 28.0 Å². The average Bonchev–Trinajstić information content (AvgIpc) is 3.67. The molecule has 2 heterocycles. The Kier molecular flexibility index (Phi) is 6.56. The van der Waals surface area contributed by atoms with Crippen LogP contribution < -0.4 is 26.8 Å². The molecular formula is C25H23FIN5O4S. The van der Waals surface area contributed by atoms with Gasteiger partial charge in [0.05, 0.1) is 16.9 Å². The van der Waals surface area contributed by atoms with Gasteiger partial charge in [-0.05, 0) is 78.8 Å². The minimum Gasteiger partial charge on any atom is -0.338 e. The number of aromatic nitrogens is 3. The minimum atomic E-state index is -1.35. The van der Waals surface area contributed by atoms with Crippen LogP contribution in [0.25, 0.3) is 16.6 Å². The van der Waals surface area contributed by atoms with Crippen LogP contribution in [-0.4, -0.2) is 24.2 Å². The molecule has 1 fully saturated rings. The molecular weight excluding hydrogens is 612 g/mol. The molecule has 0 amide bonds. The van der Waals surface area contributed by atoms with Crippen molar-refractivity contribution in [2.75, 3.05) is 16.3 Å². The molecule has 1 aliphatic rings. The fraction of sp³-hybridized carbons (Fsp3) is 0.240. The van der Waals surface area contributed by atoms with Crippen LogP contribution in [0.2, 0.25) is 0 Å². The lowest BCUT2D eigenvalue weighted by atomic mass is 10.1. The summed E-state index contributed by atoms with van der Waals surface area (Å²) in [5.41, 5.74) is -0.244. The molecule has 1 unspecified atom stereocenters. The molecule has 5 rings (SSSR count). The summed E-state index contributed by atoms with van der Waals surface area (Å²) in [5.74, 6) is -0.460. The molecule has 2 N–H and O–H groups in total. The van der Waals surface area contributed by atoms with Crippen molar-refractivity contribution in [2.45, 2.75) is 25.8 Å². The summed E-state index contributed by atoms with van der Waals surface area (Å²) < 4.78 is 33.8. The van der Waals surface area contributed by atoms with Crippen molar-refractivity contribution in [3.05, 3.63) is 88.6 Å². The van der Waals surface area contributed by atoms with E-state index in [1.54, 1.807) is 37.3 Å². The number of fused-ring (bicyclic) bond motifs is 1. The molecule has 0 aliphatic heterocycles. The predicted molar refractivity (Wildman–Crippen MR) is 152 cm³/mol. The number of hydrogen-bond donors (Lipinski definition) is 2. The van der Waals surface area contributed by atoms with E-state index in [4.69, 9.17) is 0 Å². The van der Waals surface area contributed by atoms with Crippen LogP contribution in [0.15, 0.2) is 56.8 Å². The summed E-state index contributed by atoms with van der Waals surface area (Å²) in [7, 11) is 0.147. The van der Waals surface area contributed by atoms with Crippen LogP contribution in [0, 0.1) is 16.3 Å². The monoisotopic (exact) mass is 635 g/mol. The largest absolute Gasteiger partial charge is 0.338 e. The van der Waals surface area contributed by atoms with Crippen molar-refractivity contribution in [3.8, 4) is 5.69 Å². The fourth-order valence-electron chi connectivity index (χ4n) is 4.45. The third kappa shape index (κ3) is 4.52. The molecule has 0 radical (unpaired) electrons. The van der Waals surface area contributed by atoms with E-state index in [-0.39, 0.29) is 34.0 Å². The van der Waals surface area contributed by atoms with Gasteiger partial charge in [-0.15, -0.1) is 0 Å². The molecule has 0 spiro atoms. The highest BCUT2D eigenvalue weighted by Gasteiger charge is 2.31. The number of anilines is 3. The van der Waals surface area contributed by atoms with Gasteiger partial charge in [0.15, 0.2) is 0 Å². The maximum atomic E-state index is 14.8. The van der Waals surface area contributed by atoms with Crippen LogP contribution >= 0.6 is 22.6 Å². The lowest BCUT2D eigenvalue weighted by Gasteiger charge is -2.21. The van der Waals surface area contributed by atoms with E-state index in [9.17, 15) is 23.0 Å². The lowest BCUT2D eigenvalue weighted by molar-refractivity contribution is 0.630. The molecule has 0 saturated heterocycles. The maximum Gasteiger partial charge on any atom is 0.336 e. The van der Waals surface area contributed by atoms with Crippen LogP contribution in [0.3, 0.4) is 0 Å². The molecule has 0 bridgehead atoms. The van der Waals surface area contributed by atoms with E-state index in [0.717, 1.165) is 0 Å². The second-order valence-electron chi connectivity index (χ2n) is 8.94. The Morgan fingerprint density at radius 1 is 1.08 bits per heavy atom. The van der Waals surface area contributed by atoms with E-state index in [1.807, 2.05) is 22.6 Å². The summed E-state index contributed by atoms with van der Waals surface area (Å²) in [5, 5.41) is 3.04. The molecule has 9 nitrogen and oxygen atoms in total. The summed E-state index contributed by atoms with van der Waals surface area (Å²) >= 11 is 1.99. The molecule has 4 aromatic rings.